The number of carbonyl (C=O) groups is 1. The van der Waals surface area contributed by atoms with Crippen molar-refractivity contribution in [2.45, 2.75) is 6.92 Å². The third-order valence-electron chi connectivity index (χ3n) is 3.60. The van der Waals surface area contributed by atoms with Crippen LogP contribution in [0, 0.1) is 6.92 Å². The number of hydrogen-bond acceptors (Lipinski definition) is 8. The maximum absolute atomic E-state index is 11.4. The minimum absolute atomic E-state index is 0.116. The van der Waals surface area contributed by atoms with Crippen LogP contribution in [0.15, 0.2) is 35.4 Å². The van der Waals surface area contributed by atoms with E-state index in [-0.39, 0.29) is 24.5 Å². The predicted molar refractivity (Wildman–Crippen MR) is 97.3 cm³/mol. The molecule has 26 heavy (non-hydrogen) atoms. The summed E-state index contributed by atoms with van der Waals surface area (Å²) in [6.45, 7) is 3.61. The van der Waals surface area contributed by atoms with Crippen molar-refractivity contribution in [1.82, 2.24) is 14.9 Å². The number of nitrogen functional groups attached to an aromatic ring is 1. The molecular formula is C17H20N6O3. The fraction of sp³-hybridized carbons (Fsp3) is 0.294. The highest BCUT2D eigenvalue weighted by molar-refractivity contribution is 5.80. The van der Waals surface area contributed by atoms with E-state index in [0.717, 1.165) is 11.1 Å². The van der Waals surface area contributed by atoms with Crippen LogP contribution in [0.1, 0.15) is 11.1 Å². The number of anilines is 2. The van der Waals surface area contributed by atoms with E-state index in [0.29, 0.717) is 25.5 Å². The lowest BCUT2D eigenvalue weighted by Crippen LogP contribution is -2.29. The second-order valence-electron chi connectivity index (χ2n) is 5.69. The van der Waals surface area contributed by atoms with E-state index < -0.39 is 0 Å². The molecule has 136 valence electrons. The molecule has 0 aliphatic carbocycles. The van der Waals surface area contributed by atoms with Crippen molar-refractivity contribution >= 4 is 23.9 Å². The second kappa shape index (κ2) is 8.15. The van der Waals surface area contributed by atoms with Crippen LogP contribution in [0.2, 0.25) is 0 Å². The van der Waals surface area contributed by atoms with Gasteiger partial charge in [-0.3, -0.25) is 5.43 Å². The van der Waals surface area contributed by atoms with Gasteiger partial charge in [0.2, 0.25) is 0 Å². The summed E-state index contributed by atoms with van der Waals surface area (Å²) in [5.41, 5.74) is 10.7. The molecule has 9 heteroatoms. The van der Waals surface area contributed by atoms with E-state index in [9.17, 15) is 4.79 Å². The molecule has 3 rings (SSSR count). The van der Waals surface area contributed by atoms with Gasteiger partial charge in [0.15, 0.2) is 5.82 Å². The minimum atomic E-state index is -0.338. The van der Waals surface area contributed by atoms with Crippen LogP contribution in [0.5, 0.6) is 6.01 Å². The molecular weight excluding hydrogens is 336 g/mol. The van der Waals surface area contributed by atoms with E-state index in [2.05, 4.69) is 20.5 Å². The van der Waals surface area contributed by atoms with Gasteiger partial charge in [0.1, 0.15) is 19.0 Å². The third-order valence-corrected chi connectivity index (χ3v) is 3.60. The fourth-order valence-corrected chi connectivity index (χ4v) is 2.36. The largest absolute Gasteiger partial charge is 0.461 e. The summed E-state index contributed by atoms with van der Waals surface area (Å²) in [6.07, 6.45) is 1.35. The summed E-state index contributed by atoms with van der Waals surface area (Å²) in [5.74, 6) is 0.667. The number of amides is 1. The summed E-state index contributed by atoms with van der Waals surface area (Å²) in [6, 6.07) is 9.61. The first-order valence-corrected chi connectivity index (χ1v) is 8.15. The zero-order valence-corrected chi connectivity index (χ0v) is 14.4. The number of nitrogens with zero attached hydrogens (tertiary/aromatic N) is 4. The highest BCUT2D eigenvalue weighted by Crippen LogP contribution is 2.13. The first-order chi connectivity index (χ1) is 12.6. The number of carbonyl (C=O) groups excluding carboxylic acids is 1. The third kappa shape index (κ3) is 4.82. The number of ether oxygens (including phenoxy) is 2. The Labute approximate surface area is 150 Å². The number of nitrogens with two attached hydrogens (primary N) is 1. The lowest BCUT2D eigenvalue weighted by molar-refractivity contribution is 0.152. The maximum Gasteiger partial charge on any atom is 0.410 e. The molecule has 1 amide bonds. The SMILES string of the molecule is Cc1cccc(/C=N/Nc2cc(N)nc(OCCN3CCOC3=O)n2)c1. The quantitative estimate of drug-likeness (QED) is 0.572. The summed E-state index contributed by atoms with van der Waals surface area (Å²) in [7, 11) is 0. The number of benzene rings is 1. The molecule has 1 saturated heterocycles. The average molecular weight is 356 g/mol. The van der Waals surface area contributed by atoms with E-state index in [1.54, 1.807) is 17.2 Å². The smallest absolute Gasteiger partial charge is 0.410 e. The molecule has 1 aliphatic rings. The van der Waals surface area contributed by atoms with Gasteiger partial charge in [0.25, 0.3) is 0 Å². The van der Waals surface area contributed by atoms with Crippen molar-refractivity contribution in [2.75, 3.05) is 37.5 Å². The minimum Gasteiger partial charge on any atom is -0.461 e. The fourth-order valence-electron chi connectivity index (χ4n) is 2.36. The molecule has 0 bridgehead atoms. The van der Waals surface area contributed by atoms with Crippen molar-refractivity contribution < 1.29 is 14.3 Å². The van der Waals surface area contributed by atoms with Crippen molar-refractivity contribution in [3.8, 4) is 6.01 Å². The Bertz CT molecular complexity index is 811. The van der Waals surface area contributed by atoms with Crippen molar-refractivity contribution in [1.29, 1.82) is 0 Å². The number of hydrazone groups is 1. The van der Waals surface area contributed by atoms with Crippen LogP contribution in [0.3, 0.4) is 0 Å². The van der Waals surface area contributed by atoms with Crippen LogP contribution in [0.4, 0.5) is 16.4 Å². The lowest BCUT2D eigenvalue weighted by atomic mass is 10.2. The van der Waals surface area contributed by atoms with Gasteiger partial charge in [-0.2, -0.15) is 15.1 Å². The van der Waals surface area contributed by atoms with Gasteiger partial charge < -0.3 is 20.1 Å². The van der Waals surface area contributed by atoms with E-state index in [1.165, 1.54) is 0 Å². The van der Waals surface area contributed by atoms with Gasteiger partial charge in [-0.05, 0) is 12.5 Å². The number of cyclic esters (lactones) is 1. The number of rotatable bonds is 7. The van der Waals surface area contributed by atoms with E-state index in [4.69, 9.17) is 15.2 Å². The second-order valence-corrected chi connectivity index (χ2v) is 5.69. The van der Waals surface area contributed by atoms with Gasteiger partial charge >= 0.3 is 12.1 Å². The standard InChI is InChI=1S/C17H20N6O3/c1-12-3-2-4-13(9-12)11-19-22-15-10-14(18)20-16(21-15)25-7-5-23-6-8-26-17(23)24/h2-4,9-11H,5-8H2,1H3,(H3,18,20,21,22)/b19-11+. The van der Waals surface area contributed by atoms with E-state index >= 15 is 0 Å². The number of aryl methyl sites for hydroxylation is 1. The Morgan fingerprint density at radius 2 is 2.31 bits per heavy atom. The van der Waals surface area contributed by atoms with Gasteiger partial charge in [0, 0.05) is 6.07 Å². The summed E-state index contributed by atoms with van der Waals surface area (Å²) in [4.78, 5) is 21.1. The molecule has 2 heterocycles. The monoisotopic (exact) mass is 356 g/mol. The highest BCUT2D eigenvalue weighted by atomic mass is 16.6. The molecule has 0 atom stereocenters. The predicted octanol–water partition coefficient (Wildman–Crippen LogP) is 1.64. The summed E-state index contributed by atoms with van der Waals surface area (Å²) >= 11 is 0. The van der Waals surface area contributed by atoms with Crippen LogP contribution >= 0.6 is 0 Å². The van der Waals surface area contributed by atoms with Gasteiger partial charge in [-0.15, -0.1) is 0 Å². The average Bonchev–Trinajstić information content (AvgIpc) is 3.00. The van der Waals surface area contributed by atoms with Gasteiger partial charge in [0.05, 0.1) is 19.3 Å². The first kappa shape index (κ1) is 17.5. The van der Waals surface area contributed by atoms with Crippen LogP contribution < -0.4 is 15.9 Å². The van der Waals surface area contributed by atoms with Crippen LogP contribution in [0.25, 0.3) is 0 Å². The van der Waals surface area contributed by atoms with Crippen LogP contribution in [-0.4, -0.2) is 53.5 Å². The Hall–Kier alpha value is -3.36. The maximum atomic E-state index is 11.4. The van der Waals surface area contributed by atoms with Crippen LogP contribution in [-0.2, 0) is 4.74 Å². The molecule has 2 aromatic rings. The zero-order valence-electron chi connectivity index (χ0n) is 14.4. The number of aromatic nitrogens is 2. The molecule has 9 nitrogen and oxygen atoms in total. The summed E-state index contributed by atoms with van der Waals surface area (Å²) < 4.78 is 10.3. The van der Waals surface area contributed by atoms with Crippen molar-refractivity contribution in [3.05, 3.63) is 41.5 Å². The Balaban J connectivity index is 1.55. The number of nitrogens with one attached hydrogen (secondary N) is 1. The first-order valence-electron chi connectivity index (χ1n) is 8.15. The molecule has 1 fully saturated rings. The highest BCUT2D eigenvalue weighted by Gasteiger charge is 2.21. The molecule has 0 radical (unpaired) electrons. The molecule has 1 aromatic carbocycles. The molecule has 3 N–H and O–H groups in total. The topological polar surface area (TPSA) is 115 Å². The zero-order chi connectivity index (χ0) is 18.4. The lowest BCUT2D eigenvalue weighted by Gasteiger charge is -2.12. The molecule has 1 aromatic heterocycles. The Kier molecular flexibility index (Phi) is 5.47. The summed E-state index contributed by atoms with van der Waals surface area (Å²) in [5, 5.41) is 4.14. The molecule has 0 spiro atoms. The molecule has 0 saturated carbocycles. The Morgan fingerprint density at radius 1 is 1.42 bits per heavy atom. The molecule has 0 unspecified atom stereocenters. The number of hydrogen-bond donors (Lipinski definition) is 2. The van der Waals surface area contributed by atoms with Crippen molar-refractivity contribution in [3.63, 3.8) is 0 Å². The van der Waals surface area contributed by atoms with E-state index in [1.807, 2.05) is 31.2 Å². The normalized spacial score (nSPS) is 13.9. The Morgan fingerprint density at radius 3 is 3.08 bits per heavy atom. The van der Waals surface area contributed by atoms with Crippen molar-refractivity contribution in [2.24, 2.45) is 5.10 Å². The van der Waals surface area contributed by atoms with Gasteiger partial charge in [-0.1, -0.05) is 29.8 Å². The van der Waals surface area contributed by atoms with Gasteiger partial charge in [-0.25, -0.2) is 4.79 Å². The molecule has 1 aliphatic heterocycles.